The van der Waals surface area contributed by atoms with Crippen LogP contribution in [0.1, 0.15) is 0 Å². The molecule has 1 saturated heterocycles. The van der Waals surface area contributed by atoms with Gasteiger partial charge >= 0.3 is 11.8 Å². The van der Waals surface area contributed by atoms with E-state index in [1.165, 1.54) is 16.9 Å². The summed E-state index contributed by atoms with van der Waals surface area (Å²) < 4.78 is 6.05. The molecular weight excluding hydrogens is 414 g/mol. The molecule has 2 aromatic carbocycles. The molecule has 0 spiro atoms. The quantitative estimate of drug-likeness (QED) is 0.736. The number of carbonyl (C=O) groups excluding carboxylic acids is 3. The summed E-state index contributed by atoms with van der Waals surface area (Å²) in [5.74, 6) is -1.11. The van der Waals surface area contributed by atoms with Gasteiger partial charge in [0.25, 0.3) is 0 Å². The molecule has 2 aromatic rings. The smallest absolute Gasteiger partial charge is 0.316 e. The summed E-state index contributed by atoms with van der Waals surface area (Å²) in [6.07, 6.45) is 0. The van der Waals surface area contributed by atoms with Crippen molar-refractivity contribution in [3.05, 3.63) is 53.0 Å². The molecule has 7 nitrogen and oxygen atoms in total. The Labute approximate surface area is 165 Å². The third-order valence-corrected chi connectivity index (χ3v) is 4.66. The van der Waals surface area contributed by atoms with Crippen LogP contribution in [-0.2, 0) is 14.4 Å². The van der Waals surface area contributed by atoms with Gasteiger partial charge in [0.05, 0.1) is 7.11 Å². The van der Waals surface area contributed by atoms with Gasteiger partial charge in [0.15, 0.2) is 0 Å². The van der Waals surface area contributed by atoms with Gasteiger partial charge in [0.1, 0.15) is 12.3 Å². The minimum atomic E-state index is -0.699. The largest absolute Gasteiger partial charge is 0.497 e. The second-order valence-electron chi connectivity index (χ2n) is 5.94. The third-order valence-electron chi connectivity index (χ3n) is 4.14. The number of hydrogen-bond acceptors (Lipinski definition) is 4. The number of piperazine rings is 1. The van der Waals surface area contributed by atoms with Gasteiger partial charge in [-0.1, -0.05) is 22.0 Å². The Kier molecular flexibility index (Phi) is 5.75. The molecule has 1 heterocycles. The topological polar surface area (TPSA) is 79.0 Å². The maximum Gasteiger partial charge on any atom is 0.316 e. The van der Waals surface area contributed by atoms with Crippen LogP contribution in [0.2, 0.25) is 0 Å². The van der Waals surface area contributed by atoms with Crippen molar-refractivity contribution in [1.29, 1.82) is 0 Å². The number of rotatable bonds is 5. The average molecular weight is 432 g/mol. The molecule has 27 heavy (non-hydrogen) atoms. The number of benzene rings is 2. The number of carbonyl (C=O) groups is 3. The van der Waals surface area contributed by atoms with Crippen LogP contribution in [0.3, 0.4) is 0 Å². The highest BCUT2D eigenvalue weighted by atomic mass is 79.9. The second kappa shape index (κ2) is 8.22. The van der Waals surface area contributed by atoms with Crippen LogP contribution < -0.4 is 15.0 Å². The van der Waals surface area contributed by atoms with Crippen LogP contribution in [0.5, 0.6) is 5.75 Å². The first-order valence-electron chi connectivity index (χ1n) is 8.28. The van der Waals surface area contributed by atoms with Crippen LogP contribution in [0, 0.1) is 0 Å². The minimum absolute atomic E-state index is 0.174. The number of methoxy groups -OCH3 is 1. The molecule has 140 valence electrons. The SMILES string of the molecule is COc1cccc(N2CCN(CC(=O)Nc3ccc(Br)cc3)C(=O)C2=O)c1. The zero-order chi connectivity index (χ0) is 19.4. The van der Waals surface area contributed by atoms with Crippen molar-refractivity contribution in [3.63, 3.8) is 0 Å². The number of hydrogen-bond donors (Lipinski definition) is 1. The van der Waals surface area contributed by atoms with E-state index in [9.17, 15) is 14.4 Å². The van der Waals surface area contributed by atoms with Crippen LogP contribution in [0.25, 0.3) is 0 Å². The highest BCUT2D eigenvalue weighted by Crippen LogP contribution is 2.23. The lowest BCUT2D eigenvalue weighted by molar-refractivity contribution is -0.147. The van der Waals surface area contributed by atoms with Crippen molar-refractivity contribution in [2.75, 3.05) is 37.0 Å². The molecular formula is C19H18BrN3O4. The van der Waals surface area contributed by atoms with Crippen LogP contribution in [0.4, 0.5) is 11.4 Å². The molecule has 0 unspecified atom stereocenters. The summed E-state index contributed by atoms with van der Waals surface area (Å²) >= 11 is 3.32. The maximum absolute atomic E-state index is 12.5. The summed E-state index contributed by atoms with van der Waals surface area (Å²) in [6.45, 7) is 0.408. The molecule has 8 heteroatoms. The zero-order valence-electron chi connectivity index (χ0n) is 14.6. The fraction of sp³-hybridized carbons (Fsp3) is 0.211. The highest BCUT2D eigenvalue weighted by Gasteiger charge is 2.34. The molecule has 1 aliphatic heterocycles. The Bertz CT molecular complexity index is 870. The fourth-order valence-electron chi connectivity index (χ4n) is 2.76. The molecule has 0 radical (unpaired) electrons. The van der Waals surface area contributed by atoms with Gasteiger partial charge in [-0.15, -0.1) is 0 Å². The second-order valence-corrected chi connectivity index (χ2v) is 6.86. The molecule has 1 fully saturated rings. The fourth-order valence-corrected chi connectivity index (χ4v) is 3.02. The molecule has 0 bridgehead atoms. The van der Waals surface area contributed by atoms with Gasteiger partial charge in [-0.2, -0.15) is 0 Å². The normalized spacial score (nSPS) is 14.3. The van der Waals surface area contributed by atoms with Crippen molar-refractivity contribution in [2.24, 2.45) is 0 Å². The van der Waals surface area contributed by atoms with Gasteiger partial charge in [-0.25, -0.2) is 0 Å². The summed E-state index contributed by atoms with van der Waals surface area (Å²) in [5, 5.41) is 2.71. The number of ether oxygens (including phenoxy) is 1. The predicted octanol–water partition coefficient (Wildman–Crippen LogP) is 2.27. The number of amides is 3. The first kappa shape index (κ1) is 18.9. The molecule has 0 aliphatic carbocycles. The first-order chi connectivity index (χ1) is 13.0. The standard InChI is InChI=1S/C19H18BrN3O4/c1-27-16-4-2-3-15(11-16)23-10-9-22(18(25)19(23)26)12-17(24)21-14-7-5-13(20)6-8-14/h2-8,11H,9-10,12H2,1H3,(H,21,24). The lowest BCUT2D eigenvalue weighted by Crippen LogP contribution is -2.56. The monoisotopic (exact) mass is 431 g/mol. The van der Waals surface area contributed by atoms with Crippen molar-refractivity contribution in [1.82, 2.24) is 4.90 Å². The first-order valence-corrected chi connectivity index (χ1v) is 9.07. The van der Waals surface area contributed by atoms with Crippen LogP contribution >= 0.6 is 15.9 Å². The highest BCUT2D eigenvalue weighted by molar-refractivity contribution is 9.10. The Morgan fingerprint density at radius 3 is 2.56 bits per heavy atom. The molecule has 0 aromatic heterocycles. The Hall–Kier alpha value is -2.87. The van der Waals surface area contributed by atoms with E-state index in [1.807, 2.05) is 0 Å². The Balaban J connectivity index is 1.63. The van der Waals surface area contributed by atoms with E-state index in [0.717, 1.165) is 4.47 Å². The van der Waals surface area contributed by atoms with E-state index in [4.69, 9.17) is 4.74 Å². The molecule has 0 saturated carbocycles. The molecule has 1 N–H and O–H groups in total. The Morgan fingerprint density at radius 2 is 1.85 bits per heavy atom. The lowest BCUT2D eigenvalue weighted by Gasteiger charge is -2.33. The Morgan fingerprint density at radius 1 is 1.11 bits per heavy atom. The zero-order valence-corrected chi connectivity index (χ0v) is 16.2. The molecule has 0 atom stereocenters. The summed E-state index contributed by atoms with van der Waals surface area (Å²) in [5.41, 5.74) is 1.21. The molecule has 3 amide bonds. The van der Waals surface area contributed by atoms with E-state index in [1.54, 1.807) is 48.5 Å². The lowest BCUT2D eigenvalue weighted by atomic mass is 10.2. The molecule has 1 aliphatic rings. The number of halogens is 1. The average Bonchev–Trinajstić information content (AvgIpc) is 2.67. The maximum atomic E-state index is 12.5. The summed E-state index contributed by atoms with van der Waals surface area (Å²) in [6, 6.07) is 14.0. The van der Waals surface area contributed by atoms with Gasteiger partial charge in [0.2, 0.25) is 5.91 Å². The van der Waals surface area contributed by atoms with E-state index >= 15 is 0 Å². The van der Waals surface area contributed by atoms with Gasteiger partial charge in [0, 0.05) is 35.0 Å². The summed E-state index contributed by atoms with van der Waals surface area (Å²) in [4.78, 5) is 39.7. The van der Waals surface area contributed by atoms with E-state index in [-0.39, 0.29) is 19.0 Å². The number of anilines is 2. The predicted molar refractivity (Wildman–Crippen MR) is 105 cm³/mol. The van der Waals surface area contributed by atoms with Crippen molar-refractivity contribution in [2.45, 2.75) is 0 Å². The van der Waals surface area contributed by atoms with Gasteiger partial charge in [-0.3, -0.25) is 14.4 Å². The van der Waals surface area contributed by atoms with Crippen LogP contribution in [0.15, 0.2) is 53.0 Å². The van der Waals surface area contributed by atoms with Gasteiger partial charge < -0.3 is 19.9 Å². The van der Waals surface area contributed by atoms with Crippen molar-refractivity contribution >= 4 is 45.0 Å². The van der Waals surface area contributed by atoms with E-state index in [0.29, 0.717) is 23.7 Å². The minimum Gasteiger partial charge on any atom is -0.497 e. The summed E-state index contributed by atoms with van der Waals surface area (Å²) in [7, 11) is 1.54. The van der Waals surface area contributed by atoms with Crippen molar-refractivity contribution in [3.8, 4) is 5.75 Å². The van der Waals surface area contributed by atoms with Crippen LogP contribution in [-0.4, -0.2) is 49.4 Å². The number of nitrogens with one attached hydrogen (secondary N) is 1. The van der Waals surface area contributed by atoms with Crippen molar-refractivity contribution < 1.29 is 19.1 Å². The van der Waals surface area contributed by atoms with E-state index in [2.05, 4.69) is 21.2 Å². The number of nitrogens with zero attached hydrogens (tertiary/aromatic N) is 2. The van der Waals surface area contributed by atoms with E-state index < -0.39 is 11.8 Å². The molecule has 3 rings (SSSR count). The third kappa shape index (κ3) is 4.46. The van der Waals surface area contributed by atoms with Gasteiger partial charge in [-0.05, 0) is 36.4 Å².